The first-order valence-electron chi connectivity index (χ1n) is 20.4. The van der Waals surface area contributed by atoms with Crippen molar-refractivity contribution in [2.45, 2.75) is 142 Å². The smallest absolute Gasteiger partial charge is 0.333 e. The van der Waals surface area contributed by atoms with Gasteiger partial charge in [0, 0.05) is 16.7 Å². The fourth-order valence-electron chi connectivity index (χ4n) is 8.52. The van der Waals surface area contributed by atoms with Crippen LogP contribution in [0.15, 0.2) is 60.7 Å². The summed E-state index contributed by atoms with van der Waals surface area (Å²) in [6.07, 6.45) is 19.5. The van der Waals surface area contributed by atoms with Crippen LogP contribution in [0, 0.1) is 35.3 Å². The minimum absolute atomic E-state index is 0.0948. The molecule has 52 heavy (non-hydrogen) atoms. The van der Waals surface area contributed by atoms with E-state index in [0.717, 1.165) is 68.3 Å². The van der Waals surface area contributed by atoms with Crippen molar-refractivity contribution in [2.24, 2.45) is 23.7 Å². The molecule has 0 saturated heterocycles. The fourth-order valence-corrected chi connectivity index (χ4v) is 8.52. The van der Waals surface area contributed by atoms with Crippen LogP contribution in [0.2, 0.25) is 0 Å². The van der Waals surface area contributed by atoms with E-state index in [9.17, 15) is 9.59 Å². The third kappa shape index (κ3) is 12.4. The minimum atomic E-state index is -0.743. The number of hydrogen-bond donors (Lipinski definition) is 0. The van der Waals surface area contributed by atoms with Gasteiger partial charge >= 0.3 is 11.9 Å². The summed E-state index contributed by atoms with van der Waals surface area (Å²) in [5.41, 5.74) is 3.46. The van der Waals surface area contributed by atoms with Crippen LogP contribution < -0.4 is 0 Å². The molecule has 0 N–H and O–H groups in total. The molecule has 1 atom stereocenters. The molecule has 2 aromatic carbocycles. The highest BCUT2D eigenvalue weighted by Crippen LogP contribution is 2.45. The number of aryl methyl sites for hydroxylation is 1. The lowest BCUT2D eigenvalue weighted by Gasteiger charge is -2.38. The van der Waals surface area contributed by atoms with E-state index >= 15 is 8.78 Å². The van der Waals surface area contributed by atoms with Crippen LogP contribution in [-0.2, 0) is 25.5 Å². The van der Waals surface area contributed by atoms with E-state index < -0.39 is 17.6 Å². The number of halogens is 2. The van der Waals surface area contributed by atoms with E-state index in [1.54, 1.807) is 13.0 Å². The lowest BCUT2D eigenvalue weighted by atomic mass is 9.68. The average Bonchev–Trinajstić information content (AvgIpc) is 3.16. The first-order valence-corrected chi connectivity index (χ1v) is 20.4. The average molecular weight is 719 g/mol. The molecule has 0 aromatic heterocycles. The first kappa shape index (κ1) is 41.5. The Morgan fingerprint density at radius 2 is 1.37 bits per heavy atom. The Balaban J connectivity index is 1.26. The number of hydrogen-bond acceptors (Lipinski definition) is 4. The van der Waals surface area contributed by atoms with E-state index in [1.165, 1.54) is 51.4 Å². The van der Waals surface area contributed by atoms with Crippen LogP contribution in [0.25, 0.3) is 11.1 Å². The van der Waals surface area contributed by atoms with Gasteiger partial charge in [-0.15, -0.1) is 0 Å². The maximum absolute atomic E-state index is 15.6. The summed E-state index contributed by atoms with van der Waals surface area (Å²) in [6.45, 7) is 13.7. The monoisotopic (exact) mass is 718 g/mol. The molecule has 2 saturated carbocycles. The van der Waals surface area contributed by atoms with Gasteiger partial charge in [-0.1, -0.05) is 102 Å². The molecule has 0 spiro atoms. The van der Waals surface area contributed by atoms with Crippen molar-refractivity contribution in [3.05, 3.63) is 83.5 Å². The second-order valence-electron chi connectivity index (χ2n) is 15.8. The normalized spacial score (nSPS) is 20.9. The number of carbonyl (C=O) groups is 2. The molecule has 0 amide bonds. The molecule has 0 heterocycles. The quantitative estimate of drug-likeness (QED) is 0.0777. The molecule has 0 radical (unpaired) electrons. The van der Waals surface area contributed by atoms with Crippen molar-refractivity contribution in [3.8, 4) is 11.1 Å². The predicted molar refractivity (Wildman–Crippen MR) is 208 cm³/mol. The highest BCUT2D eigenvalue weighted by Gasteiger charge is 2.32. The highest BCUT2D eigenvalue weighted by atomic mass is 19.2. The Morgan fingerprint density at radius 3 is 1.96 bits per heavy atom. The summed E-state index contributed by atoms with van der Waals surface area (Å²) in [4.78, 5) is 23.9. The molecule has 2 fully saturated rings. The number of ether oxygens (including phenoxy) is 2. The second kappa shape index (κ2) is 21.4. The van der Waals surface area contributed by atoms with Crippen LogP contribution in [-0.4, -0.2) is 25.2 Å². The topological polar surface area (TPSA) is 52.6 Å². The Hall–Kier alpha value is -3.28. The number of rotatable bonds is 20. The maximum atomic E-state index is 15.6. The standard InChI is InChI=1S/C46H64F2O4/c1-6-8-9-11-34-14-18-37(19-15-34)38-22-24-40(25-23-38)42-27-26-41(43(47)44(42)48)39-20-16-35(17-21-39)12-10-13-36(28-30-51-45(49)32(3)4)29-31-52-46(50)33(5)7-2/h16-17,20-21,26-27,34,36-38,40H,3,5-15,18-19,22-25,28-31H2,1-2,4H3. The van der Waals surface area contributed by atoms with Gasteiger partial charge in [-0.2, -0.15) is 0 Å². The van der Waals surface area contributed by atoms with Crippen molar-refractivity contribution >= 4 is 11.9 Å². The van der Waals surface area contributed by atoms with Crippen LogP contribution >= 0.6 is 0 Å². The van der Waals surface area contributed by atoms with E-state index in [0.29, 0.717) is 47.1 Å². The zero-order valence-electron chi connectivity index (χ0n) is 32.3. The molecule has 2 aliphatic rings. The Kier molecular flexibility index (Phi) is 17.1. The summed E-state index contributed by atoms with van der Waals surface area (Å²) in [5.74, 6) is 0.578. The minimum Gasteiger partial charge on any atom is -0.462 e. The van der Waals surface area contributed by atoms with Crippen LogP contribution in [0.5, 0.6) is 0 Å². The highest BCUT2D eigenvalue weighted by molar-refractivity contribution is 5.87. The van der Waals surface area contributed by atoms with Gasteiger partial charge < -0.3 is 9.47 Å². The number of benzene rings is 2. The summed E-state index contributed by atoms with van der Waals surface area (Å²) < 4.78 is 41.9. The van der Waals surface area contributed by atoms with Crippen LogP contribution in [0.3, 0.4) is 0 Å². The first-order chi connectivity index (χ1) is 25.1. The third-order valence-corrected chi connectivity index (χ3v) is 12.0. The molecule has 0 aliphatic heterocycles. The molecule has 2 aliphatic carbocycles. The Labute approximate surface area is 312 Å². The third-order valence-electron chi connectivity index (χ3n) is 12.0. The van der Waals surface area contributed by atoms with Crippen molar-refractivity contribution in [1.29, 1.82) is 0 Å². The molecular formula is C46H64F2O4. The summed E-state index contributed by atoms with van der Waals surface area (Å²) >= 11 is 0. The van der Waals surface area contributed by atoms with Gasteiger partial charge in [0.25, 0.3) is 0 Å². The zero-order chi connectivity index (χ0) is 37.5. The van der Waals surface area contributed by atoms with Crippen molar-refractivity contribution in [2.75, 3.05) is 13.2 Å². The van der Waals surface area contributed by atoms with Crippen molar-refractivity contribution < 1.29 is 27.8 Å². The molecule has 1 unspecified atom stereocenters. The van der Waals surface area contributed by atoms with E-state index in [-0.39, 0.29) is 31.0 Å². The van der Waals surface area contributed by atoms with Gasteiger partial charge in [0.1, 0.15) is 0 Å². The molecule has 4 nitrogen and oxygen atoms in total. The van der Waals surface area contributed by atoms with Crippen molar-refractivity contribution in [3.63, 3.8) is 0 Å². The predicted octanol–water partition coefficient (Wildman–Crippen LogP) is 12.6. The van der Waals surface area contributed by atoms with E-state index in [1.807, 2.05) is 37.3 Å². The lowest BCUT2D eigenvalue weighted by Crippen LogP contribution is -2.25. The summed E-state index contributed by atoms with van der Waals surface area (Å²) in [5, 5.41) is 0. The van der Waals surface area contributed by atoms with Gasteiger partial charge in [0.2, 0.25) is 0 Å². The molecule has 0 bridgehead atoms. The van der Waals surface area contributed by atoms with E-state index in [4.69, 9.17) is 9.47 Å². The maximum Gasteiger partial charge on any atom is 0.333 e. The van der Waals surface area contributed by atoms with Crippen LogP contribution in [0.1, 0.15) is 147 Å². The molecule has 286 valence electrons. The van der Waals surface area contributed by atoms with Gasteiger partial charge in [0.05, 0.1) is 13.2 Å². The number of esters is 2. The van der Waals surface area contributed by atoms with E-state index in [2.05, 4.69) is 20.1 Å². The molecule has 6 heteroatoms. The summed E-state index contributed by atoms with van der Waals surface area (Å²) in [6, 6.07) is 11.3. The summed E-state index contributed by atoms with van der Waals surface area (Å²) in [7, 11) is 0. The van der Waals surface area contributed by atoms with Gasteiger partial charge in [-0.25, -0.2) is 18.4 Å². The lowest BCUT2D eigenvalue weighted by molar-refractivity contribution is -0.139. The Morgan fingerprint density at radius 1 is 0.750 bits per heavy atom. The van der Waals surface area contributed by atoms with Crippen LogP contribution in [0.4, 0.5) is 8.78 Å². The van der Waals surface area contributed by atoms with Crippen molar-refractivity contribution in [1.82, 2.24) is 0 Å². The molecular weight excluding hydrogens is 654 g/mol. The number of unbranched alkanes of at least 4 members (excludes halogenated alkanes) is 2. The molecule has 4 rings (SSSR count). The number of carbonyl (C=O) groups excluding carboxylic acids is 2. The van der Waals surface area contributed by atoms with Gasteiger partial charge in [-0.05, 0) is 130 Å². The fraction of sp³-hybridized carbons (Fsp3) is 0.609. The SMILES string of the molecule is C=C(C)C(=O)OCCC(CCCc1ccc(-c2ccc(C3CCC(C4CCC(CCCCC)CC4)CC3)c(F)c2F)cc1)CCOC(=O)C(=C)CC. The van der Waals surface area contributed by atoms with Gasteiger partial charge in [-0.3, -0.25) is 0 Å². The zero-order valence-corrected chi connectivity index (χ0v) is 32.3. The molecule has 2 aromatic rings. The largest absolute Gasteiger partial charge is 0.462 e. The van der Waals surface area contributed by atoms with Gasteiger partial charge in [0.15, 0.2) is 11.6 Å². The Bertz CT molecular complexity index is 1450. The second-order valence-corrected chi connectivity index (χ2v) is 15.8.